The van der Waals surface area contributed by atoms with Crippen LogP contribution < -0.4 is 5.32 Å². The second-order valence-corrected chi connectivity index (χ2v) is 8.43. The first-order valence-electron chi connectivity index (χ1n) is 11.4. The summed E-state index contributed by atoms with van der Waals surface area (Å²) < 4.78 is 5.03. The van der Waals surface area contributed by atoms with Crippen LogP contribution in [0.4, 0.5) is 5.82 Å². The topological polar surface area (TPSA) is 78.7 Å². The average molecular weight is 447 g/mol. The van der Waals surface area contributed by atoms with Crippen molar-refractivity contribution >= 4 is 17.6 Å². The van der Waals surface area contributed by atoms with Crippen LogP contribution in [0.5, 0.6) is 0 Å². The summed E-state index contributed by atoms with van der Waals surface area (Å²) in [7, 11) is 0. The monoisotopic (exact) mass is 446 g/mol. The predicted octanol–water partition coefficient (Wildman–Crippen LogP) is 3.68. The average Bonchev–Trinajstić information content (AvgIpc) is 3.50. The van der Waals surface area contributed by atoms with Gasteiger partial charge in [0.2, 0.25) is 11.8 Å². The van der Waals surface area contributed by atoms with Crippen LogP contribution in [0.25, 0.3) is 0 Å². The molecule has 0 bridgehead atoms. The van der Waals surface area contributed by atoms with Gasteiger partial charge in [-0.2, -0.15) is 0 Å². The Morgan fingerprint density at radius 2 is 1.64 bits per heavy atom. The van der Waals surface area contributed by atoms with Crippen LogP contribution >= 0.6 is 0 Å². The minimum absolute atomic E-state index is 0.0469. The zero-order valence-corrected chi connectivity index (χ0v) is 18.9. The molecule has 1 fully saturated rings. The van der Waals surface area contributed by atoms with Crippen molar-refractivity contribution < 1.29 is 14.1 Å². The maximum atomic E-state index is 13.9. The van der Waals surface area contributed by atoms with Crippen LogP contribution in [0, 0.1) is 6.92 Å². The molecule has 1 aliphatic rings. The van der Waals surface area contributed by atoms with Crippen molar-refractivity contribution in [1.82, 2.24) is 15.0 Å². The summed E-state index contributed by atoms with van der Waals surface area (Å²) in [5.41, 5.74) is 1.82. The number of aryl methyl sites for hydroxylation is 1. The molecule has 3 aromatic rings. The lowest BCUT2D eigenvalue weighted by Gasteiger charge is -2.29. The van der Waals surface area contributed by atoms with Gasteiger partial charge in [-0.05, 0) is 44.0 Å². The van der Waals surface area contributed by atoms with Gasteiger partial charge in [0, 0.05) is 19.2 Å². The van der Waals surface area contributed by atoms with E-state index in [4.69, 9.17) is 4.52 Å². The number of nitrogens with one attached hydrogen (secondary N) is 1. The number of rotatable bonds is 9. The van der Waals surface area contributed by atoms with Gasteiger partial charge < -0.3 is 19.6 Å². The standard InChI is InChI=1S/C26H30N4O3/c1-20-18-23(28-33-20)27-24(31)19-30(17-16-29-14-8-9-15-29)26(32)25(21-10-4-2-5-11-21)22-12-6-3-7-13-22/h2-7,10-13,18,25H,8-9,14-17,19H2,1H3,(H,27,28,31). The quantitative estimate of drug-likeness (QED) is 0.543. The van der Waals surface area contributed by atoms with Crippen LogP contribution in [0.15, 0.2) is 71.3 Å². The van der Waals surface area contributed by atoms with Crippen molar-refractivity contribution in [2.75, 3.05) is 38.0 Å². The van der Waals surface area contributed by atoms with Gasteiger partial charge in [0.15, 0.2) is 5.82 Å². The SMILES string of the molecule is Cc1cc(NC(=O)CN(CCN2CCCC2)C(=O)C(c2ccccc2)c2ccccc2)no1. The second kappa shape index (κ2) is 10.9. The van der Waals surface area contributed by atoms with Crippen molar-refractivity contribution in [3.05, 3.63) is 83.6 Å². The minimum atomic E-state index is -0.479. The molecule has 0 aliphatic carbocycles. The van der Waals surface area contributed by atoms with E-state index in [0.717, 1.165) is 30.8 Å². The van der Waals surface area contributed by atoms with Crippen LogP contribution in [-0.2, 0) is 9.59 Å². The first-order valence-corrected chi connectivity index (χ1v) is 11.4. The summed E-state index contributed by atoms with van der Waals surface area (Å²) >= 11 is 0. The van der Waals surface area contributed by atoms with Gasteiger partial charge in [0.05, 0.1) is 12.5 Å². The van der Waals surface area contributed by atoms with E-state index in [2.05, 4.69) is 15.4 Å². The van der Waals surface area contributed by atoms with Gasteiger partial charge in [0.1, 0.15) is 5.76 Å². The fraction of sp³-hybridized carbons (Fsp3) is 0.346. The molecular formula is C26H30N4O3. The fourth-order valence-electron chi connectivity index (χ4n) is 4.27. The lowest BCUT2D eigenvalue weighted by Crippen LogP contribution is -2.44. The molecule has 4 rings (SSSR count). The molecule has 0 unspecified atom stereocenters. The highest BCUT2D eigenvalue weighted by molar-refractivity contribution is 5.95. The van der Waals surface area contributed by atoms with E-state index in [1.54, 1.807) is 17.9 Å². The van der Waals surface area contributed by atoms with Crippen molar-refractivity contribution in [1.29, 1.82) is 0 Å². The first-order chi connectivity index (χ1) is 16.1. The summed E-state index contributed by atoms with van der Waals surface area (Å²) in [5.74, 6) is 0.108. The molecule has 7 heteroatoms. The van der Waals surface area contributed by atoms with E-state index in [0.29, 0.717) is 18.1 Å². The van der Waals surface area contributed by atoms with Gasteiger partial charge in [-0.25, -0.2) is 0 Å². The fourth-order valence-corrected chi connectivity index (χ4v) is 4.27. The molecule has 1 aromatic heterocycles. The van der Waals surface area contributed by atoms with Crippen LogP contribution in [0.2, 0.25) is 0 Å². The van der Waals surface area contributed by atoms with E-state index < -0.39 is 5.92 Å². The van der Waals surface area contributed by atoms with Gasteiger partial charge >= 0.3 is 0 Å². The van der Waals surface area contributed by atoms with Crippen molar-refractivity contribution in [3.8, 4) is 0 Å². The Labute approximate surface area is 194 Å². The number of anilines is 1. The Bertz CT molecular complexity index is 1010. The Kier molecular flexibility index (Phi) is 7.52. The Hall–Kier alpha value is -3.45. The largest absolute Gasteiger partial charge is 0.360 e. The van der Waals surface area contributed by atoms with Gasteiger partial charge in [-0.1, -0.05) is 65.8 Å². The molecule has 1 saturated heterocycles. The molecule has 0 saturated carbocycles. The highest BCUT2D eigenvalue weighted by Crippen LogP contribution is 2.27. The first kappa shape index (κ1) is 22.7. The summed E-state index contributed by atoms with van der Waals surface area (Å²) in [6, 6.07) is 21.1. The molecule has 0 spiro atoms. The molecule has 1 aliphatic heterocycles. The van der Waals surface area contributed by atoms with E-state index in [-0.39, 0.29) is 18.4 Å². The molecule has 2 amide bonds. The van der Waals surface area contributed by atoms with Gasteiger partial charge in [-0.15, -0.1) is 0 Å². The number of carbonyl (C=O) groups excluding carboxylic acids is 2. The van der Waals surface area contributed by atoms with Gasteiger partial charge in [0.25, 0.3) is 0 Å². The maximum Gasteiger partial charge on any atom is 0.245 e. The number of carbonyl (C=O) groups is 2. The zero-order chi connectivity index (χ0) is 23.0. The molecule has 2 heterocycles. The number of hydrogen-bond acceptors (Lipinski definition) is 5. The van der Waals surface area contributed by atoms with E-state index in [1.165, 1.54) is 12.8 Å². The predicted molar refractivity (Wildman–Crippen MR) is 127 cm³/mol. The summed E-state index contributed by atoms with van der Waals surface area (Å²) in [4.78, 5) is 30.8. The Balaban J connectivity index is 1.57. The van der Waals surface area contributed by atoms with Crippen molar-refractivity contribution in [2.24, 2.45) is 0 Å². The number of benzene rings is 2. The lowest BCUT2D eigenvalue weighted by atomic mass is 9.90. The van der Waals surface area contributed by atoms with E-state index >= 15 is 0 Å². The molecule has 0 atom stereocenters. The molecule has 7 nitrogen and oxygen atoms in total. The van der Waals surface area contributed by atoms with Crippen LogP contribution in [0.3, 0.4) is 0 Å². The molecule has 0 radical (unpaired) electrons. The summed E-state index contributed by atoms with van der Waals surface area (Å²) in [6.45, 7) is 5.02. The Morgan fingerprint density at radius 3 is 2.18 bits per heavy atom. The third kappa shape index (κ3) is 6.08. The number of hydrogen-bond donors (Lipinski definition) is 1. The van der Waals surface area contributed by atoms with E-state index in [9.17, 15) is 9.59 Å². The number of aromatic nitrogens is 1. The molecular weight excluding hydrogens is 416 g/mol. The third-order valence-electron chi connectivity index (χ3n) is 5.94. The normalized spacial score (nSPS) is 13.9. The molecule has 172 valence electrons. The van der Waals surface area contributed by atoms with Gasteiger partial charge in [-0.3, -0.25) is 9.59 Å². The summed E-state index contributed by atoms with van der Waals surface area (Å²) in [5, 5.41) is 6.57. The molecule has 33 heavy (non-hydrogen) atoms. The number of likely N-dealkylation sites (tertiary alicyclic amines) is 1. The summed E-state index contributed by atoms with van der Waals surface area (Å²) in [6.07, 6.45) is 2.35. The van der Waals surface area contributed by atoms with Crippen molar-refractivity contribution in [2.45, 2.75) is 25.7 Å². The number of amides is 2. The second-order valence-electron chi connectivity index (χ2n) is 8.43. The molecule has 2 aromatic carbocycles. The molecule has 1 N–H and O–H groups in total. The van der Waals surface area contributed by atoms with E-state index in [1.807, 2.05) is 60.7 Å². The maximum absolute atomic E-state index is 13.9. The highest BCUT2D eigenvalue weighted by atomic mass is 16.5. The number of nitrogens with zero attached hydrogens (tertiary/aromatic N) is 3. The lowest BCUT2D eigenvalue weighted by molar-refractivity contribution is -0.135. The third-order valence-corrected chi connectivity index (χ3v) is 5.94. The smallest absolute Gasteiger partial charge is 0.245 e. The highest BCUT2D eigenvalue weighted by Gasteiger charge is 2.29. The zero-order valence-electron chi connectivity index (χ0n) is 18.9. The van der Waals surface area contributed by atoms with Crippen molar-refractivity contribution in [3.63, 3.8) is 0 Å². The minimum Gasteiger partial charge on any atom is -0.360 e. The van der Waals surface area contributed by atoms with Crippen LogP contribution in [0.1, 0.15) is 35.6 Å². The Morgan fingerprint density at radius 1 is 1.03 bits per heavy atom. The van der Waals surface area contributed by atoms with Crippen LogP contribution in [-0.4, -0.2) is 59.5 Å².